The van der Waals surface area contributed by atoms with E-state index >= 15 is 0 Å². The number of thioether (sulfide) groups is 1. The second-order valence-electron chi connectivity index (χ2n) is 6.13. The Hall–Kier alpha value is -1.92. The molecule has 0 saturated heterocycles. The van der Waals surface area contributed by atoms with Gasteiger partial charge in [0.05, 0.1) is 17.2 Å². The predicted molar refractivity (Wildman–Crippen MR) is 104 cm³/mol. The van der Waals surface area contributed by atoms with E-state index in [4.69, 9.17) is 4.74 Å². The highest BCUT2D eigenvalue weighted by Gasteiger charge is 2.15. The van der Waals surface area contributed by atoms with E-state index in [0.717, 1.165) is 26.4 Å². The van der Waals surface area contributed by atoms with Crippen LogP contribution in [0, 0.1) is 13.8 Å². The smallest absolute Gasteiger partial charge is 0.316 e. The highest BCUT2D eigenvalue weighted by molar-refractivity contribution is 8.00. The Labute approximate surface area is 155 Å². The summed E-state index contributed by atoms with van der Waals surface area (Å²) in [5.41, 5.74) is 4.79. The molecule has 0 N–H and O–H groups in total. The lowest BCUT2D eigenvalue weighted by molar-refractivity contribution is -0.144. The number of rotatable bonds is 5. The van der Waals surface area contributed by atoms with Crippen LogP contribution >= 0.6 is 23.1 Å². The van der Waals surface area contributed by atoms with Gasteiger partial charge >= 0.3 is 5.97 Å². The number of thiophene rings is 1. The molecule has 4 nitrogen and oxygen atoms in total. The molecule has 0 bridgehead atoms. The van der Waals surface area contributed by atoms with Crippen molar-refractivity contribution in [1.82, 2.24) is 9.97 Å². The standard InChI is InChI=1S/C19H20N2O2S2/c1-11(2)23-16(22)9-25-19-17-15(8-24-18(17)20-10-21-19)14-6-5-12(3)13(4)7-14/h5-8,10-11H,9H2,1-4H3. The highest BCUT2D eigenvalue weighted by Crippen LogP contribution is 2.38. The number of aryl methyl sites for hydroxylation is 2. The fourth-order valence-corrected chi connectivity index (χ4v) is 4.28. The van der Waals surface area contributed by atoms with Gasteiger partial charge in [0.2, 0.25) is 0 Å². The summed E-state index contributed by atoms with van der Waals surface area (Å²) >= 11 is 3.00. The van der Waals surface area contributed by atoms with E-state index in [2.05, 4.69) is 47.4 Å². The third-order valence-electron chi connectivity index (χ3n) is 3.85. The molecule has 2 aromatic heterocycles. The average molecular weight is 373 g/mol. The lowest BCUT2D eigenvalue weighted by Gasteiger charge is -2.09. The average Bonchev–Trinajstić information content (AvgIpc) is 2.99. The van der Waals surface area contributed by atoms with Crippen molar-refractivity contribution in [2.24, 2.45) is 0 Å². The molecule has 0 radical (unpaired) electrons. The van der Waals surface area contributed by atoms with Gasteiger partial charge in [-0.25, -0.2) is 9.97 Å². The molecule has 0 atom stereocenters. The van der Waals surface area contributed by atoms with E-state index in [-0.39, 0.29) is 17.8 Å². The summed E-state index contributed by atoms with van der Waals surface area (Å²) in [6, 6.07) is 6.44. The molecule has 0 unspecified atom stereocenters. The highest BCUT2D eigenvalue weighted by atomic mass is 32.2. The monoisotopic (exact) mass is 372 g/mol. The van der Waals surface area contributed by atoms with Crippen molar-refractivity contribution in [2.45, 2.75) is 38.8 Å². The molecule has 0 spiro atoms. The maximum Gasteiger partial charge on any atom is 0.316 e. The van der Waals surface area contributed by atoms with Crippen molar-refractivity contribution in [2.75, 3.05) is 5.75 Å². The third-order valence-corrected chi connectivity index (χ3v) is 5.70. The lowest BCUT2D eigenvalue weighted by Crippen LogP contribution is -2.13. The Morgan fingerprint density at radius 3 is 2.76 bits per heavy atom. The van der Waals surface area contributed by atoms with Crippen LogP contribution in [-0.4, -0.2) is 27.8 Å². The van der Waals surface area contributed by atoms with E-state index in [1.54, 1.807) is 17.7 Å². The van der Waals surface area contributed by atoms with Crippen molar-refractivity contribution >= 4 is 39.3 Å². The molecular weight excluding hydrogens is 352 g/mol. The molecule has 25 heavy (non-hydrogen) atoms. The zero-order valence-electron chi connectivity index (χ0n) is 14.7. The fraction of sp³-hybridized carbons (Fsp3) is 0.316. The summed E-state index contributed by atoms with van der Waals surface area (Å²) in [6.45, 7) is 7.92. The van der Waals surface area contributed by atoms with Crippen LogP contribution in [0.4, 0.5) is 0 Å². The molecule has 0 aliphatic rings. The van der Waals surface area contributed by atoms with Crippen molar-refractivity contribution in [3.05, 3.63) is 41.0 Å². The van der Waals surface area contributed by atoms with Gasteiger partial charge in [-0.05, 0) is 44.4 Å². The van der Waals surface area contributed by atoms with Gasteiger partial charge in [-0.2, -0.15) is 0 Å². The van der Waals surface area contributed by atoms with Gasteiger partial charge in [0.15, 0.2) is 0 Å². The molecular formula is C19H20N2O2S2. The Kier molecular flexibility index (Phi) is 5.39. The summed E-state index contributed by atoms with van der Waals surface area (Å²) in [5.74, 6) is 0.0155. The van der Waals surface area contributed by atoms with E-state index in [0.29, 0.717) is 0 Å². The molecule has 3 rings (SSSR count). The van der Waals surface area contributed by atoms with Crippen molar-refractivity contribution in [3.8, 4) is 11.1 Å². The first-order valence-corrected chi connectivity index (χ1v) is 9.94. The lowest BCUT2D eigenvalue weighted by atomic mass is 10.0. The summed E-state index contributed by atoms with van der Waals surface area (Å²) in [5, 5.41) is 3.94. The minimum absolute atomic E-state index is 0.106. The second kappa shape index (κ2) is 7.54. The van der Waals surface area contributed by atoms with E-state index < -0.39 is 0 Å². The van der Waals surface area contributed by atoms with Crippen LogP contribution in [0.2, 0.25) is 0 Å². The zero-order chi connectivity index (χ0) is 18.0. The van der Waals surface area contributed by atoms with Crippen LogP contribution in [0.1, 0.15) is 25.0 Å². The number of ether oxygens (including phenoxy) is 1. The summed E-state index contributed by atoms with van der Waals surface area (Å²) in [7, 11) is 0. The number of esters is 1. The summed E-state index contributed by atoms with van der Waals surface area (Å²) in [6.07, 6.45) is 1.45. The quantitative estimate of drug-likeness (QED) is 0.358. The Balaban J connectivity index is 1.96. The fourth-order valence-electron chi connectivity index (χ4n) is 2.50. The van der Waals surface area contributed by atoms with Gasteiger partial charge in [-0.1, -0.05) is 30.0 Å². The minimum atomic E-state index is -0.227. The van der Waals surface area contributed by atoms with Crippen molar-refractivity contribution in [1.29, 1.82) is 0 Å². The molecule has 0 amide bonds. The van der Waals surface area contributed by atoms with E-state index in [1.165, 1.54) is 22.9 Å². The van der Waals surface area contributed by atoms with Gasteiger partial charge in [0.1, 0.15) is 16.2 Å². The number of fused-ring (bicyclic) bond motifs is 1. The van der Waals surface area contributed by atoms with E-state index in [9.17, 15) is 4.79 Å². The van der Waals surface area contributed by atoms with Gasteiger partial charge < -0.3 is 4.74 Å². The van der Waals surface area contributed by atoms with Crippen molar-refractivity contribution in [3.63, 3.8) is 0 Å². The van der Waals surface area contributed by atoms with Gasteiger partial charge in [0.25, 0.3) is 0 Å². The number of carbonyl (C=O) groups is 1. The van der Waals surface area contributed by atoms with Crippen LogP contribution in [0.3, 0.4) is 0 Å². The topological polar surface area (TPSA) is 52.1 Å². The van der Waals surface area contributed by atoms with Crippen LogP contribution in [0.15, 0.2) is 34.9 Å². The van der Waals surface area contributed by atoms with Crippen LogP contribution < -0.4 is 0 Å². The van der Waals surface area contributed by atoms with Crippen LogP contribution in [0.5, 0.6) is 0 Å². The molecule has 0 fully saturated rings. The first-order valence-electron chi connectivity index (χ1n) is 8.08. The van der Waals surface area contributed by atoms with Gasteiger partial charge in [-0.15, -0.1) is 11.3 Å². The minimum Gasteiger partial charge on any atom is -0.462 e. The Morgan fingerprint density at radius 2 is 2.04 bits per heavy atom. The van der Waals surface area contributed by atoms with Crippen LogP contribution in [0.25, 0.3) is 21.3 Å². The van der Waals surface area contributed by atoms with Gasteiger partial charge in [0, 0.05) is 10.9 Å². The van der Waals surface area contributed by atoms with Crippen molar-refractivity contribution < 1.29 is 9.53 Å². The number of aromatic nitrogens is 2. The second-order valence-corrected chi connectivity index (χ2v) is 7.96. The molecule has 130 valence electrons. The zero-order valence-corrected chi connectivity index (χ0v) is 16.3. The molecule has 1 aromatic carbocycles. The molecule has 3 aromatic rings. The normalized spacial score (nSPS) is 11.2. The molecule has 2 heterocycles. The molecule has 0 saturated carbocycles. The predicted octanol–water partition coefficient (Wildman–Crippen LogP) is 5.02. The first-order chi connectivity index (χ1) is 12.0. The molecule has 0 aliphatic carbocycles. The number of carbonyl (C=O) groups excluding carboxylic acids is 1. The van der Waals surface area contributed by atoms with Crippen LogP contribution in [-0.2, 0) is 9.53 Å². The number of nitrogens with zero attached hydrogens (tertiary/aromatic N) is 2. The van der Waals surface area contributed by atoms with Gasteiger partial charge in [-0.3, -0.25) is 4.79 Å². The SMILES string of the molecule is Cc1ccc(-c2csc3ncnc(SCC(=O)OC(C)C)c23)cc1C. The Bertz CT molecular complexity index is 919. The summed E-state index contributed by atoms with van der Waals surface area (Å²) in [4.78, 5) is 21.6. The maximum absolute atomic E-state index is 11.9. The summed E-state index contributed by atoms with van der Waals surface area (Å²) < 4.78 is 5.21. The largest absolute Gasteiger partial charge is 0.462 e. The molecule has 0 aliphatic heterocycles. The Morgan fingerprint density at radius 1 is 1.24 bits per heavy atom. The first kappa shape index (κ1) is 17.9. The third kappa shape index (κ3) is 4.02. The van der Waals surface area contributed by atoms with E-state index in [1.807, 2.05) is 13.8 Å². The number of benzene rings is 1. The maximum atomic E-state index is 11.9. The number of hydrogen-bond donors (Lipinski definition) is 0. The molecule has 6 heteroatoms. The number of hydrogen-bond acceptors (Lipinski definition) is 6.